The lowest BCUT2D eigenvalue weighted by atomic mass is 10.1. The lowest BCUT2D eigenvalue weighted by molar-refractivity contribution is 0.0937. The van der Waals surface area contributed by atoms with E-state index in [0.717, 1.165) is 11.1 Å². The van der Waals surface area contributed by atoms with Crippen molar-refractivity contribution < 1.29 is 9.90 Å². The number of nitrogens with zero attached hydrogens (tertiary/aromatic N) is 3. The molecule has 1 aromatic heterocycles. The highest BCUT2D eigenvalue weighted by Gasteiger charge is 2.12. The highest BCUT2D eigenvalue weighted by Crippen LogP contribution is 2.14. The predicted molar refractivity (Wildman–Crippen MR) is 93.9 cm³/mol. The van der Waals surface area contributed by atoms with E-state index in [1.54, 1.807) is 10.9 Å². The molecule has 0 bridgehead atoms. The molecule has 0 radical (unpaired) electrons. The fourth-order valence-electron chi connectivity index (χ4n) is 2.51. The van der Waals surface area contributed by atoms with Crippen molar-refractivity contribution in [3.63, 3.8) is 0 Å². The number of aromatic nitrogens is 3. The van der Waals surface area contributed by atoms with Crippen molar-refractivity contribution in [2.75, 3.05) is 6.54 Å². The molecule has 2 aromatic carbocycles. The average Bonchev–Trinajstić information content (AvgIpc) is 3.12. The number of rotatable bonds is 7. The molecule has 1 amide bonds. The van der Waals surface area contributed by atoms with Crippen LogP contribution < -0.4 is 5.32 Å². The van der Waals surface area contributed by atoms with E-state index in [1.165, 1.54) is 0 Å². The zero-order valence-electron chi connectivity index (χ0n) is 13.7. The number of benzene rings is 2. The van der Waals surface area contributed by atoms with Gasteiger partial charge in [0.15, 0.2) is 5.69 Å². The number of hydrogen-bond acceptors (Lipinski definition) is 4. The third kappa shape index (κ3) is 4.74. The van der Waals surface area contributed by atoms with E-state index in [4.69, 9.17) is 0 Å². The number of nitrogens with one attached hydrogen (secondary N) is 1. The van der Waals surface area contributed by atoms with Crippen LogP contribution in [0.15, 0.2) is 66.9 Å². The number of amides is 1. The van der Waals surface area contributed by atoms with Crippen molar-refractivity contribution in [3.8, 4) is 0 Å². The summed E-state index contributed by atoms with van der Waals surface area (Å²) in [4.78, 5) is 12.1. The summed E-state index contributed by atoms with van der Waals surface area (Å²) in [5.41, 5.74) is 2.20. The Hall–Kier alpha value is -2.99. The molecule has 0 saturated carbocycles. The maximum absolute atomic E-state index is 12.1. The second kappa shape index (κ2) is 8.21. The summed E-state index contributed by atoms with van der Waals surface area (Å²) in [6.07, 6.45) is 1.46. The summed E-state index contributed by atoms with van der Waals surface area (Å²) in [5.74, 6) is -0.292. The van der Waals surface area contributed by atoms with E-state index >= 15 is 0 Å². The molecular weight excluding hydrogens is 316 g/mol. The Kier molecular flexibility index (Phi) is 5.53. The number of carbonyl (C=O) groups is 1. The highest BCUT2D eigenvalue weighted by molar-refractivity contribution is 5.91. The molecule has 1 unspecified atom stereocenters. The van der Waals surface area contributed by atoms with E-state index < -0.39 is 6.10 Å². The van der Waals surface area contributed by atoms with Gasteiger partial charge in [0, 0.05) is 6.54 Å². The summed E-state index contributed by atoms with van der Waals surface area (Å²) in [6.45, 7) is 0.925. The van der Waals surface area contributed by atoms with Crippen LogP contribution in [0.1, 0.15) is 34.1 Å². The van der Waals surface area contributed by atoms with Crippen LogP contribution in [0, 0.1) is 0 Å². The Labute approximate surface area is 146 Å². The lowest BCUT2D eigenvalue weighted by Gasteiger charge is -2.10. The van der Waals surface area contributed by atoms with Gasteiger partial charge < -0.3 is 10.4 Å². The number of hydrogen-bond donors (Lipinski definition) is 2. The minimum absolute atomic E-state index is 0.269. The summed E-state index contributed by atoms with van der Waals surface area (Å²) in [7, 11) is 0. The van der Waals surface area contributed by atoms with E-state index in [0.29, 0.717) is 19.5 Å². The molecule has 0 aliphatic rings. The van der Waals surface area contributed by atoms with Crippen LogP contribution in [0.25, 0.3) is 0 Å². The van der Waals surface area contributed by atoms with Crippen molar-refractivity contribution in [3.05, 3.63) is 83.7 Å². The van der Waals surface area contributed by atoms with Crippen LogP contribution in [0.2, 0.25) is 0 Å². The molecule has 6 nitrogen and oxygen atoms in total. The van der Waals surface area contributed by atoms with Crippen LogP contribution in [0.3, 0.4) is 0 Å². The van der Waals surface area contributed by atoms with Gasteiger partial charge in [0.05, 0.1) is 18.8 Å². The molecule has 3 aromatic rings. The third-order valence-electron chi connectivity index (χ3n) is 3.85. The number of aliphatic hydroxyl groups excluding tert-OH is 1. The van der Waals surface area contributed by atoms with Gasteiger partial charge in [-0.25, -0.2) is 4.68 Å². The van der Waals surface area contributed by atoms with E-state index in [-0.39, 0.29) is 11.6 Å². The minimum atomic E-state index is -0.602. The normalized spacial score (nSPS) is 11.9. The van der Waals surface area contributed by atoms with Gasteiger partial charge in [-0.3, -0.25) is 4.79 Å². The molecule has 0 aliphatic heterocycles. The van der Waals surface area contributed by atoms with Crippen molar-refractivity contribution in [2.24, 2.45) is 0 Å². The fraction of sp³-hybridized carbons (Fsp3) is 0.211. The first kappa shape index (κ1) is 16.9. The van der Waals surface area contributed by atoms with Crippen LogP contribution in [0.5, 0.6) is 0 Å². The van der Waals surface area contributed by atoms with Crippen LogP contribution in [0.4, 0.5) is 0 Å². The zero-order chi connectivity index (χ0) is 17.5. The van der Waals surface area contributed by atoms with Crippen LogP contribution in [-0.4, -0.2) is 32.6 Å². The molecule has 0 fully saturated rings. The molecule has 25 heavy (non-hydrogen) atoms. The Morgan fingerprint density at radius 2 is 1.76 bits per heavy atom. The largest absolute Gasteiger partial charge is 0.388 e. The second-order valence-corrected chi connectivity index (χ2v) is 5.76. The fourth-order valence-corrected chi connectivity index (χ4v) is 2.51. The number of aliphatic hydroxyl groups is 1. The third-order valence-corrected chi connectivity index (χ3v) is 3.85. The molecule has 0 aliphatic carbocycles. The van der Waals surface area contributed by atoms with Crippen molar-refractivity contribution >= 4 is 5.91 Å². The quantitative estimate of drug-likeness (QED) is 0.693. The van der Waals surface area contributed by atoms with Gasteiger partial charge >= 0.3 is 0 Å². The van der Waals surface area contributed by atoms with E-state index in [9.17, 15) is 9.90 Å². The maximum Gasteiger partial charge on any atom is 0.273 e. The standard InChI is InChI=1S/C19H20N4O2/c24-18(16-9-5-2-6-10-16)11-12-20-19(25)17-14-23(22-21-17)13-15-7-3-1-4-8-15/h1-10,14,18,24H,11-13H2,(H,20,25). The van der Waals surface area contributed by atoms with Crippen LogP contribution >= 0.6 is 0 Å². The van der Waals surface area contributed by atoms with Crippen LogP contribution in [-0.2, 0) is 6.54 Å². The van der Waals surface area contributed by atoms with Gasteiger partial charge in [-0.2, -0.15) is 0 Å². The smallest absolute Gasteiger partial charge is 0.273 e. The van der Waals surface area contributed by atoms with Gasteiger partial charge in [0.25, 0.3) is 5.91 Å². The summed E-state index contributed by atoms with van der Waals surface area (Å²) in [5, 5.41) is 20.7. The van der Waals surface area contributed by atoms with Gasteiger partial charge in [-0.15, -0.1) is 5.10 Å². The summed E-state index contributed by atoms with van der Waals surface area (Å²) >= 11 is 0. The molecule has 128 valence electrons. The Bertz CT molecular complexity index is 803. The Balaban J connectivity index is 1.49. The molecule has 6 heteroatoms. The molecule has 2 N–H and O–H groups in total. The van der Waals surface area contributed by atoms with Gasteiger partial charge in [-0.1, -0.05) is 65.9 Å². The van der Waals surface area contributed by atoms with Crippen molar-refractivity contribution in [1.82, 2.24) is 20.3 Å². The molecule has 0 spiro atoms. The second-order valence-electron chi connectivity index (χ2n) is 5.76. The Morgan fingerprint density at radius 3 is 2.48 bits per heavy atom. The number of carbonyl (C=O) groups excluding carboxylic acids is 1. The van der Waals surface area contributed by atoms with Crippen molar-refractivity contribution in [1.29, 1.82) is 0 Å². The first-order valence-corrected chi connectivity index (χ1v) is 8.17. The lowest BCUT2D eigenvalue weighted by Crippen LogP contribution is -2.26. The van der Waals surface area contributed by atoms with Gasteiger partial charge in [0.2, 0.25) is 0 Å². The SMILES string of the molecule is O=C(NCCC(O)c1ccccc1)c1cn(Cc2ccccc2)nn1. The average molecular weight is 336 g/mol. The molecule has 1 atom stereocenters. The predicted octanol–water partition coefficient (Wildman–Crippen LogP) is 2.18. The topological polar surface area (TPSA) is 80.0 Å². The highest BCUT2D eigenvalue weighted by atomic mass is 16.3. The summed E-state index contributed by atoms with van der Waals surface area (Å²) < 4.78 is 1.63. The molecular formula is C19H20N4O2. The molecule has 3 rings (SSSR count). The monoisotopic (exact) mass is 336 g/mol. The zero-order valence-corrected chi connectivity index (χ0v) is 13.7. The van der Waals surface area contributed by atoms with E-state index in [2.05, 4.69) is 15.6 Å². The maximum atomic E-state index is 12.1. The molecule has 1 heterocycles. The van der Waals surface area contributed by atoms with E-state index in [1.807, 2.05) is 60.7 Å². The van der Waals surface area contributed by atoms with Gasteiger partial charge in [-0.05, 0) is 17.5 Å². The van der Waals surface area contributed by atoms with Gasteiger partial charge in [0.1, 0.15) is 0 Å². The van der Waals surface area contributed by atoms with Crippen molar-refractivity contribution in [2.45, 2.75) is 19.1 Å². The summed E-state index contributed by atoms with van der Waals surface area (Å²) in [6, 6.07) is 19.2. The minimum Gasteiger partial charge on any atom is -0.388 e. The molecule has 0 saturated heterocycles. The first-order chi connectivity index (χ1) is 12.2. The first-order valence-electron chi connectivity index (χ1n) is 8.17. The Morgan fingerprint density at radius 1 is 1.08 bits per heavy atom.